The van der Waals surface area contributed by atoms with E-state index < -0.39 is 0 Å². The van der Waals surface area contributed by atoms with Crippen LogP contribution in [-0.2, 0) is 25.5 Å². The van der Waals surface area contributed by atoms with Gasteiger partial charge < -0.3 is 10.5 Å². The summed E-state index contributed by atoms with van der Waals surface area (Å²) in [5.41, 5.74) is 6.05. The molecular formula is C17H22IrNO-. The smallest absolute Gasteiger partial charge is 0.0192 e. The maximum absolute atomic E-state index is 4.50. The minimum atomic E-state index is 0. The molecule has 0 aliphatic rings. The van der Waals surface area contributed by atoms with E-state index in [4.69, 9.17) is 0 Å². The summed E-state index contributed by atoms with van der Waals surface area (Å²) < 4.78 is 0. The standard InChI is InChI=1S/C17H20N.Ir.H2O/c1-12-9-16(18-11-13(12)2)14-7-6-8-15(10-14)17(3,4)5;;/h6,8-11H,1-5H3;;1H2/q-1;;. The van der Waals surface area contributed by atoms with Gasteiger partial charge in [-0.1, -0.05) is 32.4 Å². The van der Waals surface area contributed by atoms with E-state index in [0.29, 0.717) is 0 Å². The minimum absolute atomic E-state index is 0. The van der Waals surface area contributed by atoms with Gasteiger partial charge in [-0.25, -0.2) is 0 Å². The van der Waals surface area contributed by atoms with Gasteiger partial charge in [-0.15, -0.1) is 35.4 Å². The van der Waals surface area contributed by atoms with E-state index in [1.807, 2.05) is 12.3 Å². The van der Waals surface area contributed by atoms with Crippen molar-refractivity contribution < 1.29 is 25.6 Å². The van der Waals surface area contributed by atoms with Crippen molar-refractivity contribution in [2.75, 3.05) is 0 Å². The van der Waals surface area contributed by atoms with Gasteiger partial charge in [0.2, 0.25) is 0 Å². The first-order chi connectivity index (χ1) is 8.38. The maximum Gasteiger partial charge on any atom is 0.0192 e. The minimum Gasteiger partial charge on any atom is -0.412 e. The molecule has 111 valence electrons. The zero-order valence-electron chi connectivity index (χ0n) is 12.7. The van der Waals surface area contributed by atoms with Crippen LogP contribution in [0, 0.1) is 19.9 Å². The Labute approximate surface area is 135 Å². The quantitative estimate of drug-likeness (QED) is 0.615. The molecule has 0 aliphatic heterocycles. The van der Waals surface area contributed by atoms with Crippen LogP contribution < -0.4 is 0 Å². The Balaban J connectivity index is 0.00000180. The van der Waals surface area contributed by atoms with E-state index in [1.54, 1.807) is 0 Å². The zero-order chi connectivity index (χ0) is 13.3. The Hall–Kier alpha value is -1.02. The second-order valence-corrected chi connectivity index (χ2v) is 5.89. The number of benzene rings is 1. The fourth-order valence-corrected chi connectivity index (χ4v) is 1.85. The van der Waals surface area contributed by atoms with Crippen LogP contribution in [0.1, 0.15) is 37.5 Å². The molecule has 2 rings (SSSR count). The van der Waals surface area contributed by atoms with Gasteiger partial charge in [0.15, 0.2) is 0 Å². The summed E-state index contributed by atoms with van der Waals surface area (Å²) in [6, 6.07) is 11.7. The van der Waals surface area contributed by atoms with Crippen LogP contribution in [0.15, 0.2) is 30.5 Å². The van der Waals surface area contributed by atoms with Crippen molar-refractivity contribution >= 4 is 0 Å². The number of aryl methyl sites for hydroxylation is 2. The van der Waals surface area contributed by atoms with Crippen molar-refractivity contribution in [3.8, 4) is 11.3 Å². The molecule has 0 unspecified atom stereocenters. The molecular weight excluding hydrogens is 426 g/mol. The summed E-state index contributed by atoms with van der Waals surface area (Å²) in [4.78, 5) is 4.50. The molecule has 0 bridgehead atoms. The van der Waals surface area contributed by atoms with Crippen LogP contribution in [0.25, 0.3) is 11.3 Å². The molecule has 0 fully saturated rings. The Bertz CT molecular complexity index is 573. The molecule has 1 heterocycles. The first-order valence-electron chi connectivity index (χ1n) is 6.34. The van der Waals surface area contributed by atoms with Crippen LogP contribution >= 0.6 is 0 Å². The molecule has 1 aromatic carbocycles. The number of pyridine rings is 1. The predicted octanol–water partition coefficient (Wildman–Crippen LogP) is 3.64. The van der Waals surface area contributed by atoms with Crippen LogP contribution in [-0.4, -0.2) is 10.5 Å². The van der Waals surface area contributed by atoms with Gasteiger partial charge in [0, 0.05) is 26.3 Å². The van der Waals surface area contributed by atoms with E-state index in [0.717, 1.165) is 11.3 Å². The summed E-state index contributed by atoms with van der Waals surface area (Å²) in [6.07, 6.45) is 1.93. The second-order valence-electron chi connectivity index (χ2n) is 5.89. The zero-order valence-corrected chi connectivity index (χ0v) is 15.1. The Morgan fingerprint density at radius 2 is 1.70 bits per heavy atom. The van der Waals surface area contributed by atoms with E-state index in [2.05, 4.69) is 63.9 Å². The van der Waals surface area contributed by atoms with Gasteiger partial charge in [-0.2, -0.15) is 0 Å². The summed E-state index contributed by atoms with van der Waals surface area (Å²) in [6.45, 7) is 10.9. The topological polar surface area (TPSA) is 44.4 Å². The maximum atomic E-state index is 4.50. The summed E-state index contributed by atoms with van der Waals surface area (Å²) in [7, 11) is 0. The third-order valence-electron chi connectivity index (χ3n) is 3.32. The first-order valence-corrected chi connectivity index (χ1v) is 6.34. The average Bonchev–Trinajstić information content (AvgIpc) is 2.32. The Morgan fingerprint density at radius 1 is 1.05 bits per heavy atom. The monoisotopic (exact) mass is 449 g/mol. The second kappa shape index (κ2) is 7.12. The molecule has 1 aromatic heterocycles. The van der Waals surface area contributed by atoms with Gasteiger partial charge in [-0.05, 0) is 30.5 Å². The van der Waals surface area contributed by atoms with Crippen LogP contribution in [0.5, 0.6) is 0 Å². The van der Waals surface area contributed by atoms with Gasteiger partial charge in [0.25, 0.3) is 0 Å². The fourth-order valence-electron chi connectivity index (χ4n) is 1.85. The number of nitrogens with zero attached hydrogens (tertiary/aromatic N) is 1. The van der Waals surface area contributed by atoms with E-state index in [1.165, 1.54) is 16.7 Å². The van der Waals surface area contributed by atoms with Gasteiger partial charge in [0.1, 0.15) is 0 Å². The van der Waals surface area contributed by atoms with E-state index in [9.17, 15) is 0 Å². The van der Waals surface area contributed by atoms with E-state index >= 15 is 0 Å². The molecule has 2 nitrogen and oxygen atoms in total. The van der Waals surface area contributed by atoms with Crippen molar-refractivity contribution in [2.24, 2.45) is 0 Å². The largest absolute Gasteiger partial charge is 0.412 e. The molecule has 0 aliphatic carbocycles. The third kappa shape index (κ3) is 4.24. The number of hydrogen-bond acceptors (Lipinski definition) is 1. The van der Waals surface area contributed by atoms with E-state index in [-0.39, 0.29) is 31.0 Å². The Morgan fingerprint density at radius 3 is 2.25 bits per heavy atom. The van der Waals surface area contributed by atoms with Gasteiger partial charge in [0.05, 0.1) is 0 Å². The van der Waals surface area contributed by atoms with Gasteiger partial charge in [-0.3, -0.25) is 0 Å². The van der Waals surface area contributed by atoms with Crippen molar-refractivity contribution in [3.63, 3.8) is 0 Å². The van der Waals surface area contributed by atoms with Crippen molar-refractivity contribution in [1.29, 1.82) is 0 Å². The van der Waals surface area contributed by atoms with Crippen LogP contribution in [0.2, 0.25) is 0 Å². The summed E-state index contributed by atoms with van der Waals surface area (Å²) in [5.74, 6) is 0. The average molecular weight is 449 g/mol. The number of hydrogen-bond donors (Lipinski definition) is 0. The summed E-state index contributed by atoms with van der Waals surface area (Å²) >= 11 is 0. The third-order valence-corrected chi connectivity index (χ3v) is 3.32. The van der Waals surface area contributed by atoms with Crippen molar-refractivity contribution in [1.82, 2.24) is 4.98 Å². The summed E-state index contributed by atoms with van der Waals surface area (Å²) in [5, 5.41) is 0. The first kappa shape index (κ1) is 19.0. The number of aromatic nitrogens is 1. The van der Waals surface area contributed by atoms with Crippen molar-refractivity contribution in [3.05, 3.63) is 53.2 Å². The molecule has 0 amide bonds. The molecule has 0 saturated carbocycles. The molecule has 20 heavy (non-hydrogen) atoms. The SMILES string of the molecule is Cc1cnc(-c2[c-]ccc(C(C)(C)C)c2)cc1C.O.[Ir]. The molecule has 3 heteroatoms. The Kier molecular flexibility index (Phi) is 6.76. The number of rotatable bonds is 1. The molecule has 0 atom stereocenters. The molecule has 1 radical (unpaired) electrons. The van der Waals surface area contributed by atoms with Crippen LogP contribution in [0.3, 0.4) is 0 Å². The fraction of sp³-hybridized carbons (Fsp3) is 0.353. The molecule has 2 N–H and O–H groups in total. The van der Waals surface area contributed by atoms with Gasteiger partial charge >= 0.3 is 0 Å². The molecule has 2 aromatic rings. The van der Waals surface area contributed by atoms with Crippen LogP contribution in [0.4, 0.5) is 0 Å². The van der Waals surface area contributed by atoms with Crippen molar-refractivity contribution in [2.45, 2.75) is 40.0 Å². The predicted molar refractivity (Wildman–Crippen MR) is 80.3 cm³/mol. The molecule has 0 spiro atoms. The normalized spacial score (nSPS) is 10.4. The molecule has 0 saturated heterocycles.